The van der Waals surface area contributed by atoms with Crippen LogP contribution in [0.4, 0.5) is 14.6 Å². The van der Waals surface area contributed by atoms with Gasteiger partial charge in [-0.2, -0.15) is 0 Å². The maximum absolute atomic E-state index is 12.8. The molecule has 1 aromatic carbocycles. The topological polar surface area (TPSA) is 163 Å². The van der Waals surface area contributed by atoms with Crippen LogP contribution < -0.4 is 22.1 Å². The molecule has 0 spiro atoms. The first-order chi connectivity index (χ1) is 17.9. The Morgan fingerprint density at radius 1 is 1.13 bits per heavy atom. The van der Waals surface area contributed by atoms with Gasteiger partial charge in [0.2, 0.25) is 0 Å². The van der Waals surface area contributed by atoms with Crippen LogP contribution in [0.15, 0.2) is 36.4 Å². The summed E-state index contributed by atoms with van der Waals surface area (Å²) in [6.07, 6.45) is 6.66. The maximum Gasteiger partial charge on any atom is 0.408 e. The predicted molar refractivity (Wildman–Crippen MR) is 147 cm³/mol. The highest BCUT2D eigenvalue weighted by molar-refractivity contribution is 7.20. The second-order valence-electron chi connectivity index (χ2n) is 10.0. The molecule has 0 bridgehead atoms. The molecule has 3 rings (SSSR count). The molecule has 4 amide bonds. The number of nitrogens with one attached hydrogen (secondary N) is 2. The summed E-state index contributed by atoms with van der Waals surface area (Å²) in [6, 6.07) is 7.35. The number of rotatable bonds is 9. The van der Waals surface area contributed by atoms with Crippen LogP contribution >= 0.6 is 11.3 Å². The third-order valence-electron chi connectivity index (χ3n) is 5.65. The van der Waals surface area contributed by atoms with Crippen LogP contribution in [0.5, 0.6) is 0 Å². The maximum atomic E-state index is 12.8. The smallest absolute Gasteiger partial charge is 0.408 e. The second-order valence-corrected chi connectivity index (χ2v) is 11.1. The van der Waals surface area contributed by atoms with Crippen LogP contribution in [0.3, 0.4) is 0 Å². The highest BCUT2D eigenvalue weighted by atomic mass is 32.1. The van der Waals surface area contributed by atoms with E-state index in [4.69, 9.17) is 20.9 Å². The number of thiophene rings is 1. The largest absolute Gasteiger partial charge is 0.461 e. The predicted octanol–water partition coefficient (Wildman–Crippen LogP) is 4.79. The fourth-order valence-corrected chi connectivity index (χ4v) is 5.04. The van der Waals surface area contributed by atoms with Crippen molar-refractivity contribution in [2.45, 2.75) is 70.6 Å². The molecule has 2 aromatic rings. The highest BCUT2D eigenvalue weighted by Gasteiger charge is 2.28. The lowest BCUT2D eigenvalue weighted by Crippen LogP contribution is -2.44. The number of esters is 1. The van der Waals surface area contributed by atoms with E-state index in [9.17, 15) is 19.2 Å². The molecule has 38 heavy (non-hydrogen) atoms. The average molecular weight is 543 g/mol. The van der Waals surface area contributed by atoms with Crippen molar-refractivity contribution >= 4 is 46.4 Å². The summed E-state index contributed by atoms with van der Waals surface area (Å²) in [4.78, 5) is 49.0. The van der Waals surface area contributed by atoms with Gasteiger partial charge in [-0.15, -0.1) is 11.3 Å². The molecule has 1 aliphatic carbocycles. The van der Waals surface area contributed by atoms with E-state index in [1.54, 1.807) is 32.9 Å². The number of benzene rings is 1. The van der Waals surface area contributed by atoms with Crippen molar-refractivity contribution in [2.75, 3.05) is 5.32 Å². The van der Waals surface area contributed by atoms with E-state index < -0.39 is 35.6 Å². The number of hydrogen-bond acceptors (Lipinski definition) is 7. The Balaban J connectivity index is 1.74. The molecular formula is C27H34N4O6S. The summed E-state index contributed by atoms with van der Waals surface area (Å²) >= 11 is 1.18. The minimum atomic E-state index is -0.900. The average Bonchev–Trinajstić information content (AvgIpc) is 3.47. The normalized spacial score (nSPS) is 14.7. The zero-order chi connectivity index (χ0) is 27.9. The zero-order valence-electron chi connectivity index (χ0n) is 21.7. The summed E-state index contributed by atoms with van der Waals surface area (Å²) in [5, 5.41) is 5.33. The number of primary amides is 2. The van der Waals surface area contributed by atoms with E-state index in [1.165, 1.54) is 11.3 Å². The molecule has 1 heterocycles. The molecule has 10 nitrogen and oxygen atoms in total. The van der Waals surface area contributed by atoms with E-state index in [2.05, 4.69) is 10.6 Å². The number of alkyl carbamates (subject to hydrolysis) is 1. The van der Waals surface area contributed by atoms with Gasteiger partial charge in [-0.05, 0) is 76.1 Å². The Hall–Kier alpha value is -3.86. The van der Waals surface area contributed by atoms with Crippen molar-refractivity contribution in [2.24, 2.45) is 11.5 Å². The molecule has 6 N–H and O–H groups in total. The van der Waals surface area contributed by atoms with Crippen molar-refractivity contribution in [3.8, 4) is 10.4 Å². The Bertz CT molecular complexity index is 1210. The third kappa shape index (κ3) is 8.62. The number of nitrogens with two attached hydrogens (primary N) is 2. The SMILES string of the molecule is CC(C)(C)OC(=O)N[C@@H](CC=Cc1cccc(-c2cc(C(N)=O)c(NC(N)=O)s2)c1)C(=O)OC1CCCC1. The monoisotopic (exact) mass is 542 g/mol. The van der Waals surface area contributed by atoms with Gasteiger partial charge in [0, 0.05) is 4.88 Å². The van der Waals surface area contributed by atoms with Gasteiger partial charge in [0.25, 0.3) is 5.91 Å². The summed E-state index contributed by atoms with van der Waals surface area (Å²) in [6.45, 7) is 5.24. The fourth-order valence-electron chi connectivity index (χ4n) is 3.97. The van der Waals surface area contributed by atoms with Crippen LogP contribution in [0.25, 0.3) is 16.5 Å². The van der Waals surface area contributed by atoms with Crippen LogP contribution in [0.2, 0.25) is 0 Å². The third-order valence-corrected chi connectivity index (χ3v) is 6.75. The number of urea groups is 1. The van der Waals surface area contributed by atoms with E-state index in [1.807, 2.05) is 30.3 Å². The van der Waals surface area contributed by atoms with Gasteiger partial charge < -0.3 is 26.3 Å². The van der Waals surface area contributed by atoms with E-state index in [-0.39, 0.29) is 23.1 Å². The summed E-state index contributed by atoms with van der Waals surface area (Å²) < 4.78 is 10.9. The van der Waals surface area contributed by atoms with Crippen molar-refractivity contribution in [1.82, 2.24) is 5.32 Å². The molecule has 0 radical (unpaired) electrons. The highest BCUT2D eigenvalue weighted by Crippen LogP contribution is 2.35. The number of anilines is 1. The number of carbonyl (C=O) groups is 4. The molecule has 0 aliphatic heterocycles. The first-order valence-corrected chi connectivity index (χ1v) is 13.2. The van der Waals surface area contributed by atoms with Gasteiger partial charge in [-0.3, -0.25) is 10.1 Å². The Kier molecular flexibility index (Phi) is 9.51. The molecule has 1 aliphatic rings. The van der Waals surface area contributed by atoms with E-state index >= 15 is 0 Å². The minimum absolute atomic E-state index is 0.129. The fraction of sp³-hybridized carbons (Fsp3) is 0.407. The van der Waals surface area contributed by atoms with Gasteiger partial charge in [-0.1, -0.05) is 30.4 Å². The van der Waals surface area contributed by atoms with E-state index in [0.717, 1.165) is 36.8 Å². The second kappa shape index (κ2) is 12.6. The molecule has 0 saturated heterocycles. The van der Waals surface area contributed by atoms with Crippen LogP contribution in [-0.2, 0) is 14.3 Å². The first-order valence-electron chi connectivity index (χ1n) is 12.4. The molecule has 1 atom stereocenters. The number of carbonyl (C=O) groups excluding carboxylic acids is 4. The Morgan fingerprint density at radius 2 is 1.84 bits per heavy atom. The van der Waals surface area contributed by atoms with Crippen LogP contribution in [0.1, 0.15) is 68.8 Å². The number of hydrogen-bond donors (Lipinski definition) is 4. The number of ether oxygens (including phenoxy) is 2. The van der Waals surface area contributed by atoms with Crippen LogP contribution in [-0.4, -0.2) is 41.7 Å². The Morgan fingerprint density at radius 3 is 2.47 bits per heavy atom. The molecular weight excluding hydrogens is 508 g/mol. The summed E-state index contributed by atoms with van der Waals surface area (Å²) in [5.74, 6) is -1.17. The molecule has 1 aromatic heterocycles. The van der Waals surface area contributed by atoms with Crippen molar-refractivity contribution in [3.05, 3.63) is 47.5 Å². The summed E-state index contributed by atoms with van der Waals surface area (Å²) in [7, 11) is 0. The molecule has 1 saturated carbocycles. The lowest BCUT2D eigenvalue weighted by atomic mass is 10.1. The molecule has 11 heteroatoms. The zero-order valence-corrected chi connectivity index (χ0v) is 22.6. The van der Waals surface area contributed by atoms with Gasteiger partial charge >= 0.3 is 18.1 Å². The lowest BCUT2D eigenvalue weighted by Gasteiger charge is -2.23. The van der Waals surface area contributed by atoms with Gasteiger partial charge in [0.1, 0.15) is 22.7 Å². The van der Waals surface area contributed by atoms with Crippen LogP contribution in [0, 0.1) is 0 Å². The Labute approximate surface area is 225 Å². The van der Waals surface area contributed by atoms with Gasteiger partial charge in [0.15, 0.2) is 0 Å². The molecule has 204 valence electrons. The molecule has 0 unspecified atom stereocenters. The quantitative estimate of drug-likeness (QED) is 0.333. The van der Waals surface area contributed by atoms with Crippen molar-refractivity contribution < 1.29 is 28.7 Å². The summed E-state index contributed by atoms with van der Waals surface area (Å²) in [5.41, 5.74) is 11.7. The van der Waals surface area contributed by atoms with Crippen molar-refractivity contribution in [1.29, 1.82) is 0 Å². The standard InChI is InChI=1S/C27H34N4O6S/c1-27(2,3)37-26(35)30-20(24(33)36-18-11-4-5-12-18)13-7-9-16-8-6-10-17(14-16)21-15-19(22(28)32)23(38-21)31-25(29)34/h6-10,14-15,18,20H,4-5,11-13H2,1-3H3,(H2,28,32)(H,30,35)(H3,29,31,34)/t20-/m0/s1. The van der Waals surface area contributed by atoms with Crippen molar-refractivity contribution in [3.63, 3.8) is 0 Å². The molecule has 1 fully saturated rings. The van der Waals surface area contributed by atoms with Gasteiger partial charge in [-0.25, -0.2) is 14.4 Å². The first kappa shape index (κ1) is 28.7. The van der Waals surface area contributed by atoms with E-state index in [0.29, 0.717) is 4.88 Å². The lowest BCUT2D eigenvalue weighted by molar-refractivity contribution is -0.151. The number of amides is 4. The van der Waals surface area contributed by atoms with Gasteiger partial charge in [0.05, 0.1) is 5.56 Å². The minimum Gasteiger partial charge on any atom is -0.461 e.